The summed E-state index contributed by atoms with van der Waals surface area (Å²) in [6.07, 6.45) is 2.51. The molecule has 0 saturated carbocycles. The third kappa shape index (κ3) is 4.22. The molecule has 1 saturated heterocycles. The zero-order chi connectivity index (χ0) is 7.11. The Morgan fingerprint density at radius 2 is 2.11 bits per heavy atom. The van der Waals surface area contributed by atoms with Crippen LogP contribution in [0.15, 0.2) is 12.2 Å². The standard InChI is InChI=1S/C6H11N.C2H6/c1-6-3-2-4-7-5-6;1-2/h7H,1-5H2;1-2H3. The van der Waals surface area contributed by atoms with Crippen molar-refractivity contribution < 1.29 is 0 Å². The van der Waals surface area contributed by atoms with Crippen LogP contribution >= 0.6 is 0 Å². The monoisotopic (exact) mass is 127 g/mol. The smallest absolute Gasteiger partial charge is 0.0161 e. The van der Waals surface area contributed by atoms with E-state index in [4.69, 9.17) is 0 Å². The topological polar surface area (TPSA) is 12.0 Å². The minimum Gasteiger partial charge on any atom is -0.313 e. The van der Waals surface area contributed by atoms with Crippen LogP contribution in [0, 0.1) is 0 Å². The molecule has 0 radical (unpaired) electrons. The molecule has 1 heteroatoms. The lowest BCUT2D eigenvalue weighted by atomic mass is 10.1. The van der Waals surface area contributed by atoms with Crippen molar-refractivity contribution in [2.24, 2.45) is 0 Å². The second-order valence-electron chi connectivity index (χ2n) is 2.03. The minimum absolute atomic E-state index is 1.04. The molecule has 9 heavy (non-hydrogen) atoms. The molecule has 1 N–H and O–H groups in total. The minimum atomic E-state index is 1.04. The fourth-order valence-corrected chi connectivity index (χ4v) is 0.817. The van der Waals surface area contributed by atoms with E-state index in [1.165, 1.54) is 25.0 Å². The molecule has 1 aliphatic rings. The number of hydrogen-bond acceptors (Lipinski definition) is 1. The summed E-state index contributed by atoms with van der Waals surface area (Å²) in [5.41, 5.74) is 1.35. The molecule has 54 valence electrons. The van der Waals surface area contributed by atoms with Gasteiger partial charge in [0.1, 0.15) is 0 Å². The lowest BCUT2D eigenvalue weighted by molar-refractivity contribution is 0.611. The van der Waals surface area contributed by atoms with Crippen molar-refractivity contribution in [2.75, 3.05) is 13.1 Å². The molecule has 1 aliphatic heterocycles. The van der Waals surface area contributed by atoms with Crippen molar-refractivity contribution in [1.82, 2.24) is 5.32 Å². The SMILES string of the molecule is C=C1CCCNC1.CC. The van der Waals surface area contributed by atoms with E-state index in [9.17, 15) is 0 Å². The Labute approximate surface area is 58.2 Å². The molecule has 0 aromatic carbocycles. The van der Waals surface area contributed by atoms with Gasteiger partial charge in [0, 0.05) is 6.54 Å². The van der Waals surface area contributed by atoms with Gasteiger partial charge in [0.05, 0.1) is 0 Å². The van der Waals surface area contributed by atoms with Crippen LogP contribution in [-0.4, -0.2) is 13.1 Å². The van der Waals surface area contributed by atoms with Crippen LogP contribution in [0.5, 0.6) is 0 Å². The quantitative estimate of drug-likeness (QED) is 0.490. The third-order valence-electron chi connectivity index (χ3n) is 1.26. The Morgan fingerprint density at radius 1 is 1.44 bits per heavy atom. The van der Waals surface area contributed by atoms with Crippen molar-refractivity contribution >= 4 is 0 Å². The van der Waals surface area contributed by atoms with E-state index >= 15 is 0 Å². The Hall–Kier alpha value is -0.300. The molecule has 1 rings (SSSR count). The maximum absolute atomic E-state index is 3.85. The van der Waals surface area contributed by atoms with Gasteiger partial charge in [0.25, 0.3) is 0 Å². The van der Waals surface area contributed by atoms with Gasteiger partial charge in [0.15, 0.2) is 0 Å². The third-order valence-corrected chi connectivity index (χ3v) is 1.26. The molecule has 0 atom stereocenters. The summed E-state index contributed by atoms with van der Waals surface area (Å²) in [7, 11) is 0. The van der Waals surface area contributed by atoms with Crippen molar-refractivity contribution in [3.63, 3.8) is 0 Å². The molecule has 0 aromatic heterocycles. The number of nitrogens with one attached hydrogen (secondary N) is 1. The molecule has 0 amide bonds. The van der Waals surface area contributed by atoms with Gasteiger partial charge in [-0.3, -0.25) is 0 Å². The van der Waals surface area contributed by atoms with Crippen LogP contribution in [0.2, 0.25) is 0 Å². The molecule has 1 heterocycles. The first-order valence-corrected chi connectivity index (χ1v) is 3.77. The summed E-state index contributed by atoms with van der Waals surface area (Å²) < 4.78 is 0. The zero-order valence-electron chi connectivity index (χ0n) is 6.54. The first kappa shape index (κ1) is 8.70. The summed E-state index contributed by atoms with van der Waals surface area (Å²) in [5, 5.41) is 3.23. The average molecular weight is 127 g/mol. The van der Waals surface area contributed by atoms with Crippen LogP contribution in [0.3, 0.4) is 0 Å². The second-order valence-corrected chi connectivity index (χ2v) is 2.03. The van der Waals surface area contributed by atoms with Gasteiger partial charge in [0.2, 0.25) is 0 Å². The van der Waals surface area contributed by atoms with E-state index in [0.717, 1.165) is 6.54 Å². The van der Waals surface area contributed by atoms with Crippen LogP contribution in [0.1, 0.15) is 26.7 Å². The van der Waals surface area contributed by atoms with Gasteiger partial charge in [-0.15, -0.1) is 0 Å². The Kier molecular flexibility index (Phi) is 5.64. The van der Waals surface area contributed by atoms with Gasteiger partial charge < -0.3 is 5.32 Å². The van der Waals surface area contributed by atoms with Gasteiger partial charge in [-0.2, -0.15) is 0 Å². The van der Waals surface area contributed by atoms with E-state index in [1.807, 2.05) is 13.8 Å². The summed E-state index contributed by atoms with van der Waals surface area (Å²) in [6.45, 7) is 10.1. The van der Waals surface area contributed by atoms with E-state index in [0.29, 0.717) is 0 Å². The predicted molar refractivity (Wildman–Crippen MR) is 42.6 cm³/mol. The van der Waals surface area contributed by atoms with Gasteiger partial charge in [-0.1, -0.05) is 26.0 Å². The Balaban J connectivity index is 0.000000291. The number of piperidine rings is 1. The summed E-state index contributed by atoms with van der Waals surface area (Å²) in [5.74, 6) is 0. The van der Waals surface area contributed by atoms with Gasteiger partial charge in [-0.05, 0) is 19.4 Å². The first-order valence-electron chi connectivity index (χ1n) is 3.77. The Bertz CT molecular complexity index is 68.6. The molecule has 0 aliphatic carbocycles. The van der Waals surface area contributed by atoms with E-state index in [-0.39, 0.29) is 0 Å². The van der Waals surface area contributed by atoms with Gasteiger partial charge in [-0.25, -0.2) is 0 Å². The lowest BCUT2D eigenvalue weighted by Crippen LogP contribution is -2.23. The van der Waals surface area contributed by atoms with Crippen molar-refractivity contribution in [2.45, 2.75) is 26.7 Å². The average Bonchev–Trinajstić information content (AvgIpc) is 1.94. The van der Waals surface area contributed by atoms with Crippen LogP contribution in [0.4, 0.5) is 0 Å². The fraction of sp³-hybridized carbons (Fsp3) is 0.750. The van der Waals surface area contributed by atoms with Crippen LogP contribution in [-0.2, 0) is 0 Å². The largest absolute Gasteiger partial charge is 0.313 e. The van der Waals surface area contributed by atoms with Crippen molar-refractivity contribution in [1.29, 1.82) is 0 Å². The van der Waals surface area contributed by atoms with Crippen molar-refractivity contribution in [3.8, 4) is 0 Å². The van der Waals surface area contributed by atoms with Crippen LogP contribution < -0.4 is 5.32 Å². The highest BCUT2D eigenvalue weighted by atomic mass is 14.9. The molecule has 0 aromatic rings. The highest BCUT2D eigenvalue weighted by molar-refractivity contribution is 4.98. The lowest BCUT2D eigenvalue weighted by Gasteiger charge is -2.12. The van der Waals surface area contributed by atoms with E-state index in [2.05, 4.69) is 11.9 Å². The fourth-order valence-electron chi connectivity index (χ4n) is 0.817. The zero-order valence-corrected chi connectivity index (χ0v) is 6.54. The Morgan fingerprint density at radius 3 is 2.33 bits per heavy atom. The molecule has 0 spiro atoms. The highest BCUT2D eigenvalue weighted by Gasteiger charge is 1.98. The summed E-state index contributed by atoms with van der Waals surface area (Å²) in [4.78, 5) is 0. The maximum atomic E-state index is 3.85. The molecule has 0 unspecified atom stereocenters. The van der Waals surface area contributed by atoms with E-state index in [1.54, 1.807) is 0 Å². The van der Waals surface area contributed by atoms with Crippen molar-refractivity contribution in [3.05, 3.63) is 12.2 Å². The van der Waals surface area contributed by atoms with Crippen LogP contribution in [0.25, 0.3) is 0 Å². The molecule has 1 fully saturated rings. The first-order chi connectivity index (χ1) is 4.39. The summed E-state index contributed by atoms with van der Waals surface area (Å²) >= 11 is 0. The predicted octanol–water partition coefficient (Wildman–Crippen LogP) is 1.95. The molecule has 0 bridgehead atoms. The highest BCUT2D eigenvalue weighted by Crippen LogP contribution is 2.03. The number of rotatable bonds is 0. The maximum Gasteiger partial charge on any atom is 0.0161 e. The molecular weight excluding hydrogens is 110 g/mol. The second kappa shape index (κ2) is 5.83. The normalized spacial score (nSPS) is 18.2. The van der Waals surface area contributed by atoms with Gasteiger partial charge >= 0.3 is 0 Å². The van der Waals surface area contributed by atoms with E-state index < -0.39 is 0 Å². The molecule has 1 nitrogen and oxygen atoms in total. The number of hydrogen-bond donors (Lipinski definition) is 1. The summed E-state index contributed by atoms with van der Waals surface area (Å²) in [6, 6.07) is 0. The molecular formula is C8H17N.